The van der Waals surface area contributed by atoms with Crippen molar-refractivity contribution in [3.8, 4) is 0 Å². The van der Waals surface area contributed by atoms with Crippen LogP contribution in [0.5, 0.6) is 0 Å². The summed E-state index contributed by atoms with van der Waals surface area (Å²) in [5.74, 6) is 0.524. The van der Waals surface area contributed by atoms with Gasteiger partial charge in [-0.2, -0.15) is 0 Å². The first-order valence-corrected chi connectivity index (χ1v) is 6.61. The Labute approximate surface area is 99.5 Å². The van der Waals surface area contributed by atoms with Gasteiger partial charge in [-0.1, -0.05) is 11.6 Å². The molecule has 0 aromatic carbocycles. The van der Waals surface area contributed by atoms with Gasteiger partial charge < -0.3 is 5.32 Å². The van der Waals surface area contributed by atoms with Gasteiger partial charge in [0.1, 0.15) is 17.3 Å². The fourth-order valence-corrected chi connectivity index (χ4v) is 1.72. The molecule has 0 saturated carbocycles. The van der Waals surface area contributed by atoms with Crippen LogP contribution >= 0.6 is 11.6 Å². The van der Waals surface area contributed by atoms with E-state index in [4.69, 9.17) is 11.6 Å². The van der Waals surface area contributed by atoms with Crippen molar-refractivity contribution >= 4 is 27.4 Å². The number of hydrogen-bond acceptors (Lipinski definition) is 5. The lowest BCUT2D eigenvalue weighted by atomic mass is 10.3. The van der Waals surface area contributed by atoms with Gasteiger partial charge >= 0.3 is 0 Å². The Bertz CT molecular complexity index is 463. The van der Waals surface area contributed by atoms with E-state index in [0.29, 0.717) is 16.5 Å². The van der Waals surface area contributed by atoms with Gasteiger partial charge in [-0.15, -0.1) is 0 Å². The fourth-order valence-electron chi connectivity index (χ4n) is 1.01. The average Bonchev–Trinajstić information content (AvgIpc) is 2.24. The van der Waals surface area contributed by atoms with E-state index >= 15 is 0 Å². The largest absolute Gasteiger partial charge is 0.369 e. The summed E-state index contributed by atoms with van der Waals surface area (Å²) in [6.07, 6.45) is 1.32. The van der Waals surface area contributed by atoms with Crippen LogP contribution in [0, 0.1) is 6.92 Å². The number of aromatic nitrogens is 2. The summed E-state index contributed by atoms with van der Waals surface area (Å²) in [6.45, 7) is 2.02. The van der Waals surface area contributed by atoms with Crippen LogP contribution in [0.15, 0.2) is 6.33 Å². The first kappa shape index (κ1) is 13.1. The quantitative estimate of drug-likeness (QED) is 0.752. The first-order chi connectivity index (χ1) is 7.46. The van der Waals surface area contributed by atoms with Gasteiger partial charge in [-0.3, -0.25) is 0 Å². The van der Waals surface area contributed by atoms with Crippen molar-refractivity contribution in [2.75, 3.05) is 24.7 Å². The van der Waals surface area contributed by atoms with Crippen LogP contribution in [-0.2, 0) is 10.0 Å². The Hall–Kier alpha value is -0.920. The van der Waals surface area contributed by atoms with Gasteiger partial charge in [0, 0.05) is 12.1 Å². The topological polar surface area (TPSA) is 84.0 Å². The molecule has 0 aliphatic carbocycles. The van der Waals surface area contributed by atoms with E-state index in [9.17, 15) is 8.42 Å². The molecule has 1 aromatic heterocycles. The zero-order valence-electron chi connectivity index (χ0n) is 8.99. The van der Waals surface area contributed by atoms with E-state index in [1.807, 2.05) is 0 Å². The van der Waals surface area contributed by atoms with Gasteiger partial charge in [-0.05, 0) is 14.0 Å². The minimum Gasteiger partial charge on any atom is -0.369 e. The van der Waals surface area contributed by atoms with Crippen LogP contribution in [0.2, 0.25) is 5.15 Å². The SMILES string of the molecule is CNS(=O)(=O)CCNc1ncnc(Cl)c1C. The molecule has 0 radical (unpaired) electrons. The summed E-state index contributed by atoms with van der Waals surface area (Å²) in [4.78, 5) is 7.76. The third kappa shape index (κ3) is 3.58. The summed E-state index contributed by atoms with van der Waals surface area (Å²) in [5, 5.41) is 3.24. The molecule has 0 unspecified atom stereocenters. The third-order valence-electron chi connectivity index (χ3n) is 2.00. The van der Waals surface area contributed by atoms with E-state index in [-0.39, 0.29) is 12.3 Å². The van der Waals surface area contributed by atoms with Gasteiger partial charge in [0.15, 0.2) is 0 Å². The van der Waals surface area contributed by atoms with Crippen molar-refractivity contribution in [3.63, 3.8) is 0 Å². The highest BCUT2D eigenvalue weighted by atomic mass is 35.5. The third-order valence-corrected chi connectivity index (χ3v) is 3.74. The van der Waals surface area contributed by atoms with Crippen LogP contribution in [0.1, 0.15) is 5.56 Å². The Morgan fingerprint density at radius 1 is 1.44 bits per heavy atom. The zero-order valence-corrected chi connectivity index (χ0v) is 10.6. The molecule has 2 N–H and O–H groups in total. The lowest BCUT2D eigenvalue weighted by Gasteiger charge is -2.08. The monoisotopic (exact) mass is 264 g/mol. The molecule has 0 fully saturated rings. The van der Waals surface area contributed by atoms with E-state index < -0.39 is 10.0 Å². The zero-order chi connectivity index (χ0) is 12.2. The molecule has 1 rings (SSSR count). The lowest BCUT2D eigenvalue weighted by molar-refractivity contribution is 0.588. The highest BCUT2D eigenvalue weighted by Gasteiger charge is 2.08. The van der Waals surface area contributed by atoms with Crippen molar-refractivity contribution in [1.29, 1.82) is 0 Å². The number of rotatable bonds is 5. The van der Waals surface area contributed by atoms with E-state index in [1.165, 1.54) is 13.4 Å². The van der Waals surface area contributed by atoms with Gasteiger partial charge in [0.05, 0.1) is 5.75 Å². The van der Waals surface area contributed by atoms with Crippen LogP contribution in [0.4, 0.5) is 5.82 Å². The van der Waals surface area contributed by atoms with Crippen LogP contribution in [0.3, 0.4) is 0 Å². The Morgan fingerprint density at radius 2 is 2.12 bits per heavy atom. The summed E-state index contributed by atoms with van der Waals surface area (Å²) in [5.41, 5.74) is 0.700. The number of hydrogen-bond donors (Lipinski definition) is 2. The molecular formula is C8H13ClN4O2S. The van der Waals surface area contributed by atoms with Gasteiger partial charge in [-0.25, -0.2) is 23.1 Å². The Balaban J connectivity index is 2.59. The molecule has 0 spiro atoms. The maximum absolute atomic E-state index is 11.1. The molecular weight excluding hydrogens is 252 g/mol. The highest BCUT2D eigenvalue weighted by Crippen LogP contribution is 2.17. The maximum atomic E-state index is 11.1. The molecule has 1 aromatic rings. The minimum atomic E-state index is -3.20. The van der Waals surface area contributed by atoms with E-state index in [2.05, 4.69) is 20.0 Å². The number of nitrogens with one attached hydrogen (secondary N) is 2. The van der Waals surface area contributed by atoms with E-state index in [1.54, 1.807) is 6.92 Å². The number of nitrogens with zero attached hydrogens (tertiary/aromatic N) is 2. The molecule has 0 aliphatic heterocycles. The van der Waals surface area contributed by atoms with Gasteiger partial charge in [0.25, 0.3) is 0 Å². The molecule has 6 nitrogen and oxygen atoms in total. The number of sulfonamides is 1. The molecule has 0 aliphatic rings. The van der Waals surface area contributed by atoms with E-state index in [0.717, 1.165) is 0 Å². The predicted molar refractivity (Wildman–Crippen MR) is 63.1 cm³/mol. The number of anilines is 1. The van der Waals surface area contributed by atoms with Crippen molar-refractivity contribution in [3.05, 3.63) is 17.0 Å². The maximum Gasteiger partial charge on any atom is 0.213 e. The fraction of sp³-hybridized carbons (Fsp3) is 0.500. The van der Waals surface area contributed by atoms with Crippen LogP contribution in [0.25, 0.3) is 0 Å². The summed E-state index contributed by atoms with van der Waals surface area (Å²) >= 11 is 5.79. The second kappa shape index (κ2) is 5.42. The van der Waals surface area contributed by atoms with Crippen LogP contribution < -0.4 is 10.0 Å². The van der Waals surface area contributed by atoms with Crippen molar-refractivity contribution in [2.24, 2.45) is 0 Å². The summed E-state index contributed by atoms with van der Waals surface area (Å²) in [6, 6.07) is 0. The highest BCUT2D eigenvalue weighted by molar-refractivity contribution is 7.89. The molecule has 0 saturated heterocycles. The molecule has 0 atom stereocenters. The average molecular weight is 265 g/mol. The van der Waals surface area contributed by atoms with Crippen molar-refractivity contribution in [1.82, 2.24) is 14.7 Å². The Kier molecular flexibility index (Phi) is 4.45. The number of halogens is 1. The normalized spacial score (nSPS) is 11.4. The standard InChI is InChI=1S/C8H13ClN4O2S/c1-6-7(9)12-5-13-8(6)11-3-4-16(14,15)10-2/h5,10H,3-4H2,1-2H3,(H,11,12,13). The lowest BCUT2D eigenvalue weighted by Crippen LogP contribution is -2.26. The van der Waals surface area contributed by atoms with Gasteiger partial charge in [0.2, 0.25) is 10.0 Å². The summed E-state index contributed by atoms with van der Waals surface area (Å²) in [7, 11) is -1.82. The molecule has 0 bridgehead atoms. The second-order valence-corrected chi connectivity index (χ2v) is 5.49. The second-order valence-electron chi connectivity index (χ2n) is 3.09. The predicted octanol–water partition coefficient (Wildman–Crippen LogP) is 0.400. The Morgan fingerprint density at radius 3 is 2.75 bits per heavy atom. The molecule has 16 heavy (non-hydrogen) atoms. The molecule has 8 heteroatoms. The minimum absolute atomic E-state index is 0.0233. The molecule has 0 amide bonds. The molecule has 1 heterocycles. The first-order valence-electron chi connectivity index (χ1n) is 4.58. The smallest absolute Gasteiger partial charge is 0.213 e. The summed E-state index contributed by atoms with van der Waals surface area (Å²) < 4.78 is 24.5. The molecule has 90 valence electrons. The van der Waals surface area contributed by atoms with Crippen molar-refractivity contribution in [2.45, 2.75) is 6.92 Å². The van der Waals surface area contributed by atoms with Crippen molar-refractivity contribution < 1.29 is 8.42 Å². The van der Waals surface area contributed by atoms with Crippen LogP contribution in [-0.4, -0.2) is 37.7 Å².